The minimum absolute atomic E-state index is 0.0589. The predicted molar refractivity (Wildman–Crippen MR) is 110 cm³/mol. The standard InChI is InChI=1S/C24H33NO2/c1-17-21(14-25-15-22(16-25)24(26)27-2)10-9-20-13-19(8-11-23(17)20)12-18-6-4-3-5-7-18/h8,11,13,18,22H,3-7,9-10,12,14-16H2,1-2H3. The second kappa shape index (κ2) is 8.18. The van der Waals surface area contributed by atoms with Crippen molar-refractivity contribution in [3.63, 3.8) is 0 Å². The van der Waals surface area contributed by atoms with E-state index in [-0.39, 0.29) is 11.9 Å². The second-order valence-electron chi connectivity index (χ2n) is 8.84. The van der Waals surface area contributed by atoms with Gasteiger partial charge in [-0.2, -0.15) is 0 Å². The first-order chi connectivity index (χ1) is 13.1. The molecule has 0 spiro atoms. The Bertz CT molecular complexity index is 724. The van der Waals surface area contributed by atoms with Crippen LogP contribution in [0.25, 0.3) is 5.57 Å². The van der Waals surface area contributed by atoms with Crippen LogP contribution in [-0.4, -0.2) is 37.6 Å². The molecule has 0 radical (unpaired) electrons. The Labute approximate surface area is 163 Å². The first-order valence-electron chi connectivity index (χ1n) is 10.7. The number of allylic oxidation sites excluding steroid dienone is 1. The number of likely N-dealkylation sites (tertiary alicyclic amines) is 1. The van der Waals surface area contributed by atoms with E-state index in [1.54, 1.807) is 16.7 Å². The summed E-state index contributed by atoms with van der Waals surface area (Å²) in [6, 6.07) is 7.23. The molecule has 27 heavy (non-hydrogen) atoms. The minimum atomic E-state index is -0.0589. The van der Waals surface area contributed by atoms with Gasteiger partial charge in [0.2, 0.25) is 0 Å². The molecule has 0 atom stereocenters. The number of hydrogen-bond acceptors (Lipinski definition) is 3. The van der Waals surface area contributed by atoms with Crippen LogP contribution in [0.5, 0.6) is 0 Å². The number of benzene rings is 1. The summed E-state index contributed by atoms with van der Waals surface area (Å²) >= 11 is 0. The molecule has 3 nitrogen and oxygen atoms in total. The fraction of sp³-hybridized carbons (Fsp3) is 0.625. The molecule has 0 bridgehead atoms. The second-order valence-corrected chi connectivity index (χ2v) is 8.84. The normalized spacial score (nSPS) is 21.7. The van der Waals surface area contributed by atoms with E-state index in [9.17, 15) is 4.79 Å². The Morgan fingerprint density at radius 2 is 1.93 bits per heavy atom. The molecule has 146 valence electrons. The fourth-order valence-corrected chi connectivity index (χ4v) is 5.22. The van der Waals surface area contributed by atoms with Crippen LogP contribution in [-0.2, 0) is 22.4 Å². The molecule has 3 heteroatoms. The Morgan fingerprint density at radius 3 is 2.67 bits per heavy atom. The Morgan fingerprint density at radius 1 is 1.15 bits per heavy atom. The van der Waals surface area contributed by atoms with Crippen molar-refractivity contribution in [2.24, 2.45) is 11.8 Å². The molecular formula is C24H33NO2. The van der Waals surface area contributed by atoms with Crippen molar-refractivity contribution in [3.05, 3.63) is 40.5 Å². The third kappa shape index (κ3) is 4.13. The lowest BCUT2D eigenvalue weighted by atomic mass is 9.81. The van der Waals surface area contributed by atoms with Crippen molar-refractivity contribution in [1.82, 2.24) is 4.90 Å². The molecule has 1 aliphatic heterocycles. The van der Waals surface area contributed by atoms with Gasteiger partial charge in [-0.15, -0.1) is 0 Å². The van der Waals surface area contributed by atoms with Crippen molar-refractivity contribution in [2.45, 2.75) is 58.3 Å². The average Bonchev–Trinajstić information content (AvgIpc) is 2.66. The van der Waals surface area contributed by atoms with Gasteiger partial charge >= 0.3 is 5.97 Å². The summed E-state index contributed by atoms with van der Waals surface area (Å²) in [6.45, 7) is 4.97. The number of rotatable bonds is 5. The molecule has 0 aromatic heterocycles. The molecule has 1 aromatic carbocycles. The van der Waals surface area contributed by atoms with Crippen LogP contribution in [0.15, 0.2) is 23.8 Å². The van der Waals surface area contributed by atoms with Gasteiger partial charge < -0.3 is 4.74 Å². The highest BCUT2D eigenvalue weighted by molar-refractivity contribution is 5.74. The molecule has 2 aliphatic carbocycles. The maximum absolute atomic E-state index is 11.6. The van der Waals surface area contributed by atoms with E-state index in [2.05, 4.69) is 30.0 Å². The Kier molecular flexibility index (Phi) is 5.68. The van der Waals surface area contributed by atoms with E-state index in [1.165, 1.54) is 56.8 Å². The topological polar surface area (TPSA) is 29.5 Å². The number of esters is 1. The summed E-state index contributed by atoms with van der Waals surface area (Å²) < 4.78 is 4.85. The number of nitrogens with zero attached hydrogens (tertiary/aromatic N) is 1. The van der Waals surface area contributed by atoms with Crippen molar-refractivity contribution in [3.8, 4) is 0 Å². The van der Waals surface area contributed by atoms with Crippen LogP contribution in [0.3, 0.4) is 0 Å². The average molecular weight is 368 g/mol. The molecule has 1 saturated carbocycles. The van der Waals surface area contributed by atoms with Gasteiger partial charge in [-0.05, 0) is 54.4 Å². The molecule has 1 saturated heterocycles. The monoisotopic (exact) mass is 367 g/mol. The summed E-state index contributed by atoms with van der Waals surface area (Å²) in [7, 11) is 1.48. The summed E-state index contributed by atoms with van der Waals surface area (Å²) in [4.78, 5) is 14.0. The van der Waals surface area contributed by atoms with Crippen LogP contribution in [0.2, 0.25) is 0 Å². The Hall–Kier alpha value is -1.61. The molecule has 0 N–H and O–H groups in total. The summed E-state index contributed by atoms with van der Waals surface area (Å²) in [5.74, 6) is 0.923. The highest BCUT2D eigenvalue weighted by Gasteiger charge is 2.34. The van der Waals surface area contributed by atoms with Gasteiger partial charge in [0, 0.05) is 19.6 Å². The van der Waals surface area contributed by atoms with Gasteiger partial charge in [0.05, 0.1) is 13.0 Å². The van der Waals surface area contributed by atoms with Crippen molar-refractivity contribution in [2.75, 3.05) is 26.7 Å². The smallest absolute Gasteiger partial charge is 0.311 e. The zero-order valence-corrected chi connectivity index (χ0v) is 16.9. The quantitative estimate of drug-likeness (QED) is 0.711. The summed E-state index contributed by atoms with van der Waals surface area (Å²) in [5, 5.41) is 0. The van der Waals surface area contributed by atoms with Crippen molar-refractivity contribution in [1.29, 1.82) is 0 Å². The number of ether oxygens (including phenoxy) is 1. The first kappa shape index (κ1) is 18.7. The van der Waals surface area contributed by atoms with Gasteiger partial charge in [-0.1, -0.05) is 55.9 Å². The van der Waals surface area contributed by atoms with Crippen molar-refractivity contribution < 1.29 is 9.53 Å². The van der Waals surface area contributed by atoms with E-state index in [0.717, 1.165) is 38.4 Å². The van der Waals surface area contributed by atoms with Gasteiger partial charge in [-0.25, -0.2) is 0 Å². The lowest BCUT2D eigenvalue weighted by molar-refractivity contribution is -0.151. The van der Waals surface area contributed by atoms with Gasteiger partial charge in [0.25, 0.3) is 0 Å². The molecule has 1 heterocycles. The van der Waals surface area contributed by atoms with E-state index in [0.29, 0.717) is 0 Å². The van der Waals surface area contributed by atoms with Gasteiger partial charge in [-0.3, -0.25) is 9.69 Å². The van der Waals surface area contributed by atoms with E-state index < -0.39 is 0 Å². The maximum Gasteiger partial charge on any atom is 0.311 e. The molecule has 0 unspecified atom stereocenters. The molecule has 2 fully saturated rings. The number of methoxy groups -OCH3 is 1. The van der Waals surface area contributed by atoms with Crippen LogP contribution in [0.1, 0.15) is 62.1 Å². The highest BCUT2D eigenvalue weighted by Crippen LogP contribution is 2.34. The fourth-order valence-electron chi connectivity index (χ4n) is 5.22. The highest BCUT2D eigenvalue weighted by atomic mass is 16.5. The molecule has 4 rings (SSSR count). The Balaban J connectivity index is 1.40. The number of hydrogen-bond donors (Lipinski definition) is 0. The third-order valence-corrected chi connectivity index (χ3v) is 6.96. The molecule has 3 aliphatic rings. The third-order valence-electron chi connectivity index (χ3n) is 6.96. The van der Waals surface area contributed by atoms with Crippen LogP contribution < -0.4 is 0 Å². The van der Waals surface area contributed by atoms with E-state index >= 15 is 0 Å². The van der Waals surface area contributed by atoms with Crippen molar-refractivity contribution >= 4 is 11.5 Å². The van der Waals surface area contributed by atoms with Crippen LogP contribution in [0, 0.1) is 11.8 Å². The first-order valence-corrected chi connectivity index (χ1v) is 10.7. The van der Waals surface area contributed by atoms with E-state index in [1.807, 2.05) is 0 Å². The zero-order chi connectivity index (χ0) is 18.8. The van der Waals surface area contributed by atoms with E-state index in [4.69, 9.17) is 4.74 Å². The van der Waals surface area contributed by atoms with Crippen LogP contribution in [0.4, 0.5) is 0 Å². The predicted octanol–water partition coefficient (Wildman–Crippen LogP) is 4.63. The number of carbonyl (C=O) groups is 1. The lowest BCUT2D eigenvalue weighted by Crippen LogP contribution is -2.51. The zero-order valence-electron chi connectivity index (χ0n) is 16.9. The number of fused-ring (bicyclic) bond motifs is 1. The summed E-state index contributed by atoms with van der Waals surface area (Å²) in [6.07, 6.45) is 10.7. The largest absolute Gasteiger partial charge is 0.469 e. The molecule has 0 amide bonds. The van der Waals surface area contributed by atoms with Gasteiger partial charge in [0.1, 0.15) is 0 Å². The van der Waals surface area contributed by atoms with Gasteiger partial charge in [0.15, 0.2) is 0 Å². The number of carbonyl (C=O) groups excluding carboxylic acids is 1. The maximum atomic E-state index is 11.6. The number of aryl methyl sites for hydroxylation is 1. The van der Waals surface area contributed by atoms with Crippen LogP contribution >= 0.6 is 0 Å². The lowest BCUT2D eigenvalue weighted by Gasteiger charge is -2.39. The molecule has 1 aromatic rings. The molecular weight excluding hydrogens is 334 g/mol. The minimum Gasteiger partial charge on any atom is -0.469 e. The SMILES string of the molecule is COC(=O)C1CN(CC2=C(C)c3ccc(CC4CCCCC4)cc3CC2)C1. The summed E-state index contributed by atoms with van der Waals surface area (Å²) in [5.41, 5.74) is 7.54.